The largest absolute Gasteiger partial charge is 0.374 e. The summed E-state index contributed by atoms with van der Waals surface area (Å²) in [5.74, 6) is -0.666. The number of imide groups is 1. The summed E-state index contributed by atoms with van der Waals surface area (Å²) in [4.78, 5) is 39.2. The van der Waals surface area contributed by atoms with Crippen LogP contribution in [-0.4, -0.2) is 78.1 Å². The molecular weight excluding hydrogens is 300 g/mol. The second-order valence-corrected chi connectivity index (χ2v) is 6.93. The van der Waals surface area contributed by atoms with Gasteiger partial charge in [-0.25, -0.2) is 4.79 Å². The Morgan fingerprint density at radius 2 is 2.13 bits per heavy atom. The fourth-order valence-corrected chi connectivity index (χ4v) is 3.03. The Bertz CT molecular complexity index is 518. The number of amides is 4. The number of nitrogens with one attached hydrogen (secondary N) is 2. The van der Waals surface area contributed by atoms with Crippen LogP contribution in [0.3, 0.4) is 0 Å². The van der Waals surface area contributed by atoms with Gasteiger partial charge in [-0.15, -0.1) is 0 Å². The molecule has 1 aliphatic carbocycles. The molecule has 2 saturated heterocycles. The van der Waals surface area contributed by atoms with E-state index in [1.54, 1.807) is 13.8 Å². The maximum atomic E-state index is 12.1. The van der Waals surface area contributed by atoms with E-state index in [2.05, 4.69) is 15.5 Å². The minimum absolute atomic E-state index is 0.0182. The number of rotatable bonds is 5. The van der Waals surface area contributed by atoms with Crippen LogP contribution in [0.1, 0.15) is 26.7 Å². The minimum atomic E-state index is -1.00. The van der Waals surface area contributed by atoms with E-state index in [1.807, 2.05) is 0 Å². The molecule has 1 atom stereocenters. The van der Waals surface area contributed by atoms with E-state index >= 15 is 0 Å². The maximum absolute atomic E-state index is 12.1. The summed E-state index contributed by atoms with van der Waals surface area (Å²) in [6.07, 6.45) is 2.49. The van der Waals surface area contributed by atoms with Gasteiger partial charge in [-0.2, -0.15) is 0 Å². The van der Waals surface area contributed by atoms with Gasteiger partial charge >= 0.3 is 6.03 Å². The van der Waals surface area contributed by atoms with Crippen molar-refractivity contribution in [3.8, 4) is 0 Å². The molecule has 8 nitrogen and oxygen atoms in total. The molecular formula is C15H24N4O4. The molecule has 8 heteroatoms. The number of morpholine rings is 1. The molecule has 0 radical (unpaired) electrons. The van der Waals surface area contributed by atoms with E-state index in [0.29, 0.717) is 19.2 Å². The van der Waals surface area contributed by atoms with E-state index in [1.165, 1.54) is 17.7 Å². The summed E-state index contributed by atoms with van der Waals surface area (Å²) >= 11 is 0. The highest BCUT2D eigenvalue weighted by Crippen LogP contribution is 2.28. The Balaban J connectivity index is 1.46. The van der Waals surface area contributed by atoms with Gasteiger partial charge in [0.15, 0.2) is 0 Å². The number of hydrogen-bond donors (Lipinski definition) is 2. The van der Waals surface area contributed by atoms with Gasteiger partial charge in [0.2, 0.25) is 5.91 Å². The molecule has 0 aromatic rings. The first-order chi connectivity index (χ1) is 10.9. The van der Waals surface area contributed by atoms with Crippen LogP contribution in [0.4, 0.5) is 4.79 Å². The lowest BCUT2D eigenvalue weighted by Gasteiger charge is -2.33. The Morgan fingerprint density at radius 1 is 1.39 bits per heavy atom. The summed E-state index contributed by atoms with van der Waals surface area (Å²) < 4.78 is 5.68. The van der Waals surface area contributed by atoms with E-state index in [4.69, 9.17) is 4.74 Å². The molecule has 0 spiro atoms. The summed E-state index contributed by atoms with van der Waals surface area (Å²) in [7, 11) is 0. The lowest BCUT2D eigenvalue weighted by atomic mass is 10.0. The lowest BCUT2D eigenvalue weighted by molar-refractivity contribution is -0.127. The van der Waals surface area contributed by atoms with Crippen LogP contribution >= 0.6 is 0 Å². The first-order valence-electron chi connectivity index (χ1n) is 8.13. The molecule has 3 rings (SSSR count). The fourth-order valence-electron chi connectivity index (χ4n) is 3.03. The highest BCUT2D eigenvalue weighted by molar-refractivity contribution is 6.07. The Morgan fingerprint density at radius 3 is 2.74 bits per heavy atom. The third-order valence-corrected chi connectivity index (χ3v) is 4.76. The van der Waals surface area contributed by atoms with Crippen molar-refractivity contribution >= 4 is 17.8 Å². The molecule has 4 amide bonds. The number of nitrogens with zero attached hydrogens (tertiary/aromatic N) is 2. The van der Waals surface area contributed by atoms with Crippen molar-refractivity contribution in [1.82, 2.24) is 20.4 Å². The van der Waals surface area contributed by atoms with Crippen LogP contribution in [0.15, 0.2) is 0 Å². The summed E-state index contributed by atoms with van der Waals surface area (Å²) in [5.41, 5.74) is -1.00. The first kappa shape index (κ1) is 16.2. The second kappa shape index (κ2) is 6.09. The van der Waals surface area contributed by atoms with E-state index < -0.39 is 11.6 Å². The normalized spacial score (nSPS) is 27.9. The number of carbonyl (C=O) groups excluding carboxylic acids is 3. The van der Waals surface area contributed by atoms with Crippen molar-refractivity contribution < 1.29 is 19.1 Å². The zero-order chi connectivity index (χ0) is 16.6. The second-order valence-electron chi connectivity index (χ2n) is 6.93. The Labute approximate surface area is 135 Å². The van der Waals surface area contributed by atoms with Crippen LogP contribution in [0.2, 0.25) is 0 Å². The van der Waals surface area contributed by atoms with Crippen molar-refractivity contribution in [3.63, 3.8) is 0 Å². The number of hydrogen-bond acceptors (Lipinski definition) is 5. The molecule has 0 aromatic heterocycles. The van der Waals surface area contributed by atoms with E-state index in [-0.39, 0.29) is 24.5 Å². The third kappa shape index (κ3) is 3.48. The SMILES string of the molecule is CC1(C)C(=O)NC(=O)N1CC(=O)NCC1CN(C2CC2)CCO1. The molecule has 0 aromatic carbocycles. The number of carbonyl (C=O) groups is 3. The molecule has 1 saturated carbocycles. The topological polar surface area (TPSA) is 91.0 Å². The van der Waals surface area contributed by atoms with Crippen molar-refractivity contribution in [3.05, 3.63) is 0 Å². The predicted molar refractivity (Wildman–Crippen MR) is 81.7 cm³/mol. The van der Waals surface area contributed by atoms with Gasteiger partial charge in [0.1, 0.15) is 12.1 Å². The lowest BCUT2D eigenvalue weighted by Crippen LogP contribution is -2.51. The quantitative estimate of drug-likeness (QED) is 0.653. The highest BCUT2D eigenvalue weighted by atomic mass is 16.5. The Hall–Kier alpha value is -1.67. The van der Waals surface area contributed by atoms with E-state index in [9.17, 15) is 14.4 Å². The van der Waals surface area contributed by atoms with Gasteiger partial charge in [-0.3, -0.25) is 19.8 Å². The molecule has 3 aliphatic rings. The van der Waals surface area contributed by atoms with Crippen LogP contribution in [0, 0.1) is 0 Å². The van der Waals surface area contributed by atoms with E-state index in [0.717, 1.165) is 13.1 Å². The fraction of sp³-hybridized carbons (Fsp3) is 0.800. The average molecular weight is 324 g/mol. The van der Waals surface area contributed by atoms with Gasteiger partial charge in [0, 0.05) is 25.7 Å². The van der Waals surface area contributed by atoms with Crippen LogP contribution in [0.5, 0.6) is 0 Å². The number of urea groups is 1. The monoisotopic (exact) mass is 324 g/mol. The molecule has 2 heterocycles. The molecule has 2 aliphatic heterocycles. The van der Waals surface area contributed by atoms with Gasteiger partial charge in [-0.1, -0.05) is 0 Å². The smallest absolute Gasteiger partial charge is 0.325 e. The van der Waals surface area contributed by atoms with Crippen molar-refractivity contribution in [2.45, 2.75) is 44.4 Å². The summed E-state index contributed by atoms with van der Waals surface area (Å²) in [6.45, 7) is 6.01. The predicted octanol–water partition coefficient (Wildman–Crippen LogP) is -0.704. The van der Waals surface area contributed by atoms with Gasteiger partial charge < -0.3 is 15.0 Å². The van der Waals surface area contributed by atoms with Gasteiger partial charge in [-0.05, 0) is 26.7 Å². The Kier molecular flexibility index (Phi) is 4.29. The zero-order valence-corrected chi connectivity index (χ0v) is 13.6. The maximum Gasteiger partial charge on any atom is 0.325 e. The van der Waals surface area contributed by atoms with Crippen molar-refractivity contribution in [1.29, 1.82) is 0 Å². The molecule has 23 heavy (non-hydrogen) atoms. The summed E-state index contributed by atoms with van der Waals surface area (Å²) in [6, 6.07) is 0.168. The van der Waals surface area contributed by atoms with Crippen LogP contribution in [0.25, 0.3) is 0 Å². The third-order valence-electron chi connectivity index (χ3n) is 4.76. The summed E-state index contributed by atoms with van der Waals surface area (Å²) in [5, 5.41) is 5.04. The van der Waals surface area contributed by atoms with Crippen LogP contribution in [-0.2, 0) is 14.3 Å². The minimum Gasteiger partial charge on any atom is -0.374 e. The molecule has 2 N–H and O–H groups in total. The number of ether oxygens (including phenoxy) is 1. The van der Waals surface area contributed by atoms with Gasteiger partial charge in [0.05, 0.1) is 12.7 Å². The molecule has 128 valence electrons. The molecule has 1 unspecified atom stereocenters. The zero-order valence-electron chi connectivity index (χ0n) is 13.6. The van der Waals surface area contributed by atoms with Gasteiger partial charge in [0.25, 0.3) is 5.91 Å². The standard InChI is InChI=1S/C15H24N4O4/c1-15(2)13(21)17-14(22)19(15)9-12(20)16-7-11-8-18(5-6-23-11)10-3-4-10/h10-11H,3-9H2,1-2H3,(H,16,20)(H,17,21,22). The first-order valence-corrected chi connectivity index (χ1v) is 8.13. The van der Waals surface area contributed by atoms with Crippen LogP contribution < -0.4 is 10.6 Å². The highest BCUT2D eigenvalue weighted by Gasteiger charge is 2.46. The molecule has 0 bridgehead atoms. The van der Waals surface area contributed by atoms with Crippen molar-refractivity contribution in [2.24, 2.45) is 0 Å². The molecule has 3 fully saturated rings. The van der Waals surface area contributed by atoms with Crippen molar-refractivity contribution in [2.75, 3.05) is 32.8 Å². The average Bonchev–Trinajstić information content (AvgIpc) is 3.32.